The minimum atomic E-state index is -3.59. The summed E-state index contributed by atoms with van der Waals surface area (Å²) < 4.78 is 78.6. The maximum Gasteiger partial charge on any atom is 0.413 e. The maximum absolute atomic E-state index is 15.1. The Bertz CT molecular complexity index is 1880. The van der Waals surface area contributed by atoms with Gasteiger partial charge in [0.05, 0.1) is 48.2 Å². The molecule has 1 saturated heterocycles. The number of pyridine rings is 2. The molecular weight excluding hydrogens is 663 g/mol. The fourth-order valence-corrected chi connectivity index (χ4v) is 5.55. The molecule has 0 aromatic carbocycles. The number of nitrogen functional groups attached to an aromatic ring is 1. The number of carboxylic acids is 1. The lowest BCUT2D eigenvalue weighted by atomic mass is 9.82. The van der Waals surface area contributed by atoms with Crippen molar-refractivity contribution in [2.75, 3.05) is 23.7 Å². The van der Waals surface area contributed by atoms with Crippen molar-refractivity contribution in [3.63, 3.8) is 0 Å². The van der Waals surface area contributed by atoms with E-state index in [0.29, 0.717) is 0 Å². The number of halogens is 5. The van der Waals surface area contributed by atoms with Gasteiger partial charge in [0.2, 0.25) is 0 Å². The van der Waals surface area contributed by atoms with Gasteiger partial charge < -0.3 is 41.2 Å². The highest BCUT2D eigenvalue weighted by Gasteiger charge is 2.53. The number of piperidine rings is 1. The Balaban J connectivity index is 1.52. The molecule has 1 amide bonds. The Morgan fingerprint density at radius 1 is 1.12 bits per heavy atom. The van der Waals surface area contributed by atoms with Crippen molar-refractivity contribution in [1.29, 1.82) is 0 Å². The number of nitrogens with two attached hydrogens (primary N) is 2. The molecule has 0 bridgehead atoms. The van der Waals surface area contributed by atoms with Crippen LogP contribution in [0.15, 0.2) is 37.1 Å². The number of carbonyl (C=O) groups is 2. The number of rotatable bonds is 10. The molecule has 15 nitrogen and oxygen atoms in total. The molecule has 5 rings (SSSR count). The van der Waals surface area contributed by atoms with Gasteiger partial charge in [0.15, 0.2) is 17.2 Å². The summed E-state index contributed by atoms with van der Waals surface area (Å²) in [5, 5.41) is 21.5. The average Bonchev–Trinajstić information content (AvgIpc) is 3.43. The molecule has 3 atom stereocenters. The standard InChI is InChI=1S/C29H31F5N10O5/c1-13(2)19(26(46)47)42-27(48)49-18-4-3-15(41-23(18)32)16-5-14(7-43-12-40-20-24(35)38-11-39-25(20)43)17(6-37-16)44-9-28(36,21(45)22(30)31)8-29(33,34)10-44/h3-6,11-13,19,21-22,45H,7-10,36H2,1-2H3,(H,42,48)(H,46,47)(H2,35,38,39)/t19-,21-,28-/m1/s1. The number of ether oxygens (including phenoxy) is 1. The molecule has 20 heteroatoms. The second-order valence-electron chi connectivity index (χ2n) is 12.0. The third kappa shape index (κ3) is 7.43. The van der Waals surface area contributed by atoms with E-state index >= 15 is 13.2 Å². The molecule has 5 heterocycles. The molecule has 0 aliphatic carbocycles. The van der Waals surface area contributed by atoms with E-state index in [1.165, 1.54) is 29.4 Å². The summed E-state index contributed by atoms with van der Waals surface area (Å²) in [4.78, 5) is 45.0. The van der Waals surface area contributed by atoms with E-state index in [0.717, 1.165) is 17.2 Å². The summed E-state index contributed by atoms with van der Waals surface area (Å²) in [5.74, 6) is -7.22. The number of nitrogens with zero attached hydrogens (tertiary/aromatic N) is 7. The van der Waals surface area contributed by atoms with Crippen LogP contribution in [0.1, 0.15) is 25.8 Å². The van der Waals surface area contributed by atoms with Gasteiger partial charge in [-0.1, -0.05) is 13.8 Å². The van der Waals surface area contributed by atoms with Crippen molar-refractivity contribution in [2.24, 2.45) is 11.7 Å². The van der Waals surface area contributed by atoms with Crippen molar-refractivity contribution in [2.45, 2.75) is 56.8 Å². The molecule has 1 aliphatic heterocycles. The Hall–Kier alpha value is -5.24. The molecule has 49 heavy (non-hydrogen) atoms. The Morgan fingerprint density at radius 3 is 2.51 bits per heavy atom. The second-order valence-corrected chi connectivity index (χ2v) is 12.0. The van der Waals surface area contributed by atoms with E-state index in [-0.39, 0.29) is 46.2 Å². The highest BCUT2D eigenvalue weighted by Crippen LogP contribution is 2.39. The minimum Gasteiger partial charge on any atom is -0.480 e. The summed E-state index contributed by atoms with van der Waals surface area (Å²) in [6.45, 7) is 1.44. The summed E-state index contributed by atoms with van der Waals surface area (Å²) in [7, 11) is 0. The molecule has 0 saturated carbocycles. The predicted molar refractivity (Wildman–Crippen MR) is 162 cm³/mol. The third-order valence-corrected chi connectivity index (χ3v) is 7.89. The molecule has 1 aliphatic rings. The first kappa shape index (κ1) is 35.1. The van der Waals surface area contributed by atoms with E-state index < -0.39 is 79.2 Å². The van der Waals surface area contributed by atoms with Gasteiger partial charge in [-0.25, -0.2) is 47.1 Å². The highest BCUT2D eigenvalue weighted by molar-refractivity contribution is 5.82. The van der Waals surface area contributed by atoms with Gasteiger partial charge in [-0.15, -0.1) is 0 Å². The molecule has 0 unspecified atom stereocenters. The molecule has 0 spiro atoms. The number of nitrogens with one attached hydrogen (secondary N) is 1. The van der Waals surface area contributed by atoms with Gasteiger partial charge in [0.1, 0.15) is 24.0 Å². The van der Waals surface area contributed by atoms with E-state index in [2.05, 4.69) is 30.2 Å². The van der Waals surface area contributed by atoms with Crippen molar-refractivity contribution >= 4 is 34.7 Å². The van der Waals surface area contributed by atoms with Gasteiger partial charge in [0.25, 0.3) is 18.3 Å². The van der Waals surface area contributed by atoms with Crippen molar-refractivity contribution in [3.8, 4) is 17.1 Å². The number of aliphatic hydroxyl groups is 1. The van der Waals surface area contributed by atoms with E-state index in [4.69, 9.17) is 16.2 Å². The fourth-order valence-electron chi connectivity index (χ4n) is 5.55. The fraction of sp³-hybridized carbons (Fsp3) is 0.414. The number of aliphatic carboxylic acids is 1. The largest absolute Gasteiger partial charge is 0.480 e. The van der Waals surface area contributed by atoms with Crippen molar-refractivity contribution in [3.05, 3.63) is 48.6 Å². The Labute approximate surface area is 274 Å². The van der Waals surface area contributed by atoms with Crippen LogP contribution in [0.5, 0.6) is 5.75 Å². The van der Waals surface area contributed by atoms with Crippen molar-refractivity contribution in [1.82, 2.24) is 34.8 Å². The zero-order valence-electron chi connectivity index (χ0n) is 25.9. The first-order chi connectivity index (χ1) is 23.0. The van der Waals surface area contributed by atoms with E-state index in [9.17, 15) is 28.6 Å². The number of fused-ring (bicyclic) bond motifs is 1. The van der Waals surface area contributed by atoms with Crippen LogP contribution >= 0.6 is 0 Å². The lowest BCUT2D eigenvalue weighted by Crippen LogP contribution is -2.68. The first-order valence-corrected chi connectivity index (χ1v) is 14.6. The smallest absolute Gasteiger partial charge is 0.413 e. The third-order valence-electron chi connectivity index (χ3n) is 7.89. The van der Waals surface area contributed by atoms with Crippen LogP contribution in [0.2, 0.25) is 0 Å². The summed E-state index contributed by atoms with van der Waals surface area (Å²) in [5.41, 5.74) is 10.2. The number of carbonyl (C=O) groups excluding carboxylic acids is 1. The lowest BCUT2D eigenvalue weighted by molar-refractivity contribution is -0.140. The molecule has 7 N–H and O–H groups in total. The number of aliphatic hydroxyl groups excluding tert-OH is 1. The summed E-state index contributed by atoms with van der Waals surface area (Å²) in [6.07, 6.45) is -4.69. The number of imidazole rings is 1. The number of hydrogen-bond donors (Lipinski definition) is 5. The second kappa shape index (κ2) is 13.3. The number of alkyl halides is 4. The summed E-state index contributed by atoms with van der Waals surface area (Å²) in [6, 6.07) is 2.38. The van der Waals surface area contributed by atoms with E-state index in [1.54, 1.807) is 13.8 Å². The minimum absolute atomic E-state index is 0.0216. The maximum atomic E-state index is 15.1. The van der Waals surface area contributed by atoms with Crippen molar-refractivity contribution < 1.29 is 46.5 Å². The number of anilines is 2. The normalized spacial score (nSPS) is 18.9. The van der Waals surface area contributed by atoms with Crippen LogP contribution in [0, 0.1) is 11.9 Å². The lowest BCUT2D eigenvalue weighted by Gasteiger charge is -2.47. The quantitative estimate of drug-likeness (QED) is 0.119. The van der Waals surface area contributed by atoms with Crippen LogP contribution in [-0.4, -0.2) is 94.9 Å². The van der Waals surface area contributed by atoms with Crippen LogP contribution in [0.3, 0.4) is 0 Å². The monoisotopic (exact) mass is 694 g/mol. The zero-order valence-corrected chi connectivity index (χ0v) is 25.9. The topological polar surface area (TPSA) is 221 Å². The predicted octanol–water partition coefficient (Wildman–Crippen LogP) is 2.42. The van der Waals surface area contributed by atoms with Crippen LogP contribution < -0.4 is 26.4 Å². The number of amides is 1. The molecule has 4 aromatic heterocycles. The Kier molecular flexibility index (Phi) is 9.55. The number of hydrogen-bond acceptors (Lipinski definition) is 12. The molecule has 262 valence electrons. The van der Waals surface area contributed by atoms with Gasteiger partial charge >= 0.3 is 12.1 Å². The first-order valence-electron chi connectivity index (χ1n) is 14.6. The number of aromatic nitrogens is 6. The van der Waals surface area contributed by atoms with Gasteiger partial charge in [-0.3, -0.25) is 4.98 Å². The molecule has 4 aromatic rings. The Morgan fingerprint density at radius 2 is 1.86 bits per heavy atom. The van der Waals surface area contributed by atoms with Gasteiger partial charge in [-0.05, 0) is 29.7 Å². The molecule has 1 fully saturated rings. The van der Waals surface area contributed by atoms with Crippen LogP contribution in [-0.2, 0) is 11.3 Å². The SMILES string of the molecule is CC(C)[C@@H](NC(=O)Oc1ccc(-c2cc(Cn3cnc4c(N)ncnc43)c(N3CC(F)(F)C[C@](N)([C@H](O)C(F)F)C3)cn2)nc1F)C(=O)O. The van der Waals surface area contributed by atoms with E-state index in [1.807, 2.05) is 0 Å². The van der Waals surface area contributed by atoms with Gasteiger partial charge in [-0.2, -0.15) is 4.39 Å². The highest BCUT2D eigenvalue weighted by atomic mass is 19.3. The zero-order chi connectivity index (χ0) is 35.8. The van der Waals surface area contributed by atoms with Gasteiger partial charge in [0, 0.05) is 13.0 Å². The summed E-state index contributed by atoms with van der Waals surface area (Å²) >= 11 is 0. The average molecular weight is 695 g/mol. The van der Waals surface area contributed by atoms with Crippen LogP contribution in [0.25, 0.3) is 22.6 Å². The molecule has 0 radical (unpaired) electrons. The number of carboxylic acid groups (broad SMARTS) is 1. The van der Waals surface area contributed by atoms with Crippen LogP contribution in [0.4, 0.5) is 38.3 Å². The molecular formula is C29H31F5N10O5.